The van der Waals surface area contributed by atoms with Gasteiger partial charge < -0.3 is 14.8 Å². The molecule has 0 bridgehead atoms. The van der Waals surface area contributed by atoms with Crippen molar-refractivity contribution in [2.24, 2.45) is 0 Å². The van der Waals surface area contributed by atoms with Crippen LogP contribution in [0.5, 0.6) is 11.5 Å². The second-order valence-electron chi connectivity index (χ2n) is 6.36. The van der Waals surface area contributed by atoms with Crippen molar-refractivity contribution in [3.8, 4) is 11.5 Å². The molecular formula is C24H25NO3S. The first-order valence-corrected chi connectivity index (χ1v) is 10.6. The van der Waals surface area contributed by atoms with Gasteiger partial charge in [0.25, 0.3) is 0 Å². The maximum atomic E-state index is 12.3. The minimum absolute atomic E-state index is 0.00418. The monoisotopic (exact) mass is 407 g/mol. The molecule has 0 spiro atoms. The number of carbonyl (C=O) groups excluding carboxylic acids is 1. The first-order valence-electron chi connectivity index (χ1n) is 9.52. The lowest BCUT2D eigenvalue weighted by Gasteiger charge is -2.17. The van der Waals surface area contributed by atoms with Crippen LogP contribution in [0, 0.1) is 0 Å². The van der Waals surface area contributed by atoms with E-state index in [-0.39, 0.29) is 11.2 Å². The van der Waals surface area contributed by atoms with Gasteiger partial charge in [0, 0.05) is 0 Å². The first-order chi connectivity index (χ1) is 14.3. The summed E-state index contributed by atoms with van der Waals surface area (Å²) in [5, 5.41) is 3.04. The van der Waals surface area contributed by atoms with Crippen molar-refractivity contribution in [2.75, 3.05) is 26.0 Å². The van der Waals surface area contributed by atoms with Crippen molar-refractivity contribution in [1.29, 1.82) is 0 Å². The van der Waals surface area contributed by atoms with Gasteiger partial charge in [0.15, 0.2) is 11.5 Å². The second-order valence-corrected chi connectivity index (χ2v) is 7.46. The van der Waals surface area contributed by atoms with E-state index >= 15 is 0 Å². The molecule has 0 aliphatic carbocycles. The van der Waals surface area contributed by atoms with Gasteiger partial charge in [-0.25, -0.2) is 0 Å². The van der Waals surface area contributed by atoms with E-state index in [9.17, 15) is 4.79 Å². The van der Waals surface area contributed by atoms with Crippen molar-refractivity contribution in [2.45, 2.75) is 5.25 Å². The van der Waals surface area contributed by atoms with Crippen LogP contribution in [0.15, 0.2) is 84.9 Å². The highest BCUT2D eigenvalue weighted by atomic mass is 32.2. The Hall–Kier alpha value is -2.92. The van der Waals surface area contributed by atoms with E-state index in [0.29, 0.717) is 30.4 Å². The van der Waals surface area contributed by atoms with Crippen LogP contribution in [0.2, 0.25) is 0 Å². The smallest absolute Gasteiger partial charge is 0.230 e. The predicted molar refractivity (Wildman–Crippen MR) is 119 cm³/mol. The Kier molecular flexibility index (Phi) is 8.01. The third-order valence-electron chi connectivity index (χ3n) is 4.34. The van der Waals surface area contributed by atoms with E-state index < -0.39 is 0 Å². The molecule has 3 aromatic carbocycles. The van der Waals surface area contributed by atoms with Gasteiger partial charge in [0.1, 0.15) is 6.61 Å². The lowest BCUT2D eigenvalue weighted by atomic mass is 10.0. The highest BCUT2D eigenvalue weighted by Crippen LogP contribution is 2.35. The summed E-state index contributed by atoms with van der Waals surface area (Å²) in [6.07, 6.45) is 0. The number of methoxy groups -OCH3 is 1. The average molecular weight is 408 g/mol. The van der Waals surface area contributed by atoms with Crippen LogP contribution >= 0.6 is 11.8 Å². The number of para-hydroxylation sites is 2. The van der Waals surface area contributed by atoms with E-state index in [0.717, 1.165) is 0 Å². The number of carbonyl (C=O) groups is 1. The molecule has 4 nitrogen and oxygen atoms in total. The van der Waals surface area contributed by atoms with Crippen molar-refractivity contribution in [3.63, 3.8) is 0 Å². The maximum absolute atomic E-state index is 12.3. The van der Waals surface area contributed by atoms with Gasteiger partial charge in [-0.2, -0.15) is 0 Å². The summed E-state index contributed by atoms with van der Waals surface area (Å²) in [6.45, 7) is 0.830. The van der Waals surface area contributed by atoms with Gasteiger partial charge in [-0.1, -0.05) is 72.8 Å². The van der Waals surface area contributed by atoms with E-state index in [1.165, 1.54) is 11.1 Å². The molecule has 0 radical (unpaired) electrons. The molecular weight excluding hydrogens is 382 g/mol. The summed E-state index contributed by atoms with van der Waals surface area (Å²) in [4.78, 5) is 12.3. The Morgan fingerprint density at radius 3 is 2.00 bits per heavy atom. The molecule has 0 saturated heterocycles. The highest BCUT2D eigenvalue weighted by molar-refractivity contribution is 8.00. The Morgan fingerprint density at radius 2 is 1.41 bits per heavy atom. The van der Waals surface area contributed by atoms with Crippen molar-refractivity contribution in [3.05, 3.63) is 96.1 Å². The minimum Gasteiger partial charge on any atom is -0.493 e. The Balaban J connectivity index is 1.49. The molecule has 3 aromatic rings. The quantitative estimate of drug-likeness (QED) is 0.494. The number of ether oxygens (including phenoxy) is 2. The molecule has 0 atom stereocenters. The molecule has 0 saturated carbocycles. The van der Waals surface area contributed by atoms with Gasteiger partial charge in [0.05, 0.1) is 24.7 Å². The van der Waals surface area contributed by atoms with Crippen molar-refractivity contribution >= 4 is 17.7 Å². The molecule has 3 rings (SSSR count). The zero-order valence-corrected chi connectivity index (χ0v) is 17.2. The summed E-state index contributed by atoms with van der Waals surface area (Å²) >= 11 is 1.62. The van der Waals surface area contributed by atoms with Crippen LogP contribution in [-0.2, 0) is 4.79 Å². The molecule has 0 aromatic heterocycles. The minimum atomic E-state index is -0.00418. The van der Waals surface area contributed by atoms with Gasteiger partial charge in [0.2, 0.25) is 5.91 Å². The van der Waals surface area contributed by atoms with E-state index in [4.69, 9.17) is 9.47 Å². The predicted octanol–water partition coefficient (Wildman–Crippen LogP) is 4.71. The molecule has 150 valence electrons. The second kappa shape index (κ2) is 11.2. The highest BCUT2D eigenvalue weighted by Gasteiger charge is 2.16. The van der Waals surface area contributed by atoms with E-state index in [1.54, 1.807) is 18.9 Å². The number of hydrogen-bond acceptors (Lipinski definition) is 4. The van der Waals surface area contributed by atoms with Gasteiger partial charge >= 0.3 is 0 Å². The topological polar surface area (TPSA) is 47.6 Å². The third-order valence-corrected chi connectivity index (χ3v) is 5.64. The fourth-order valence-electron chi connectivity index (χ4n) is 2.94. The number of rotatable bonds is 10. The fourth-order valence-corrected chi connectivity index (χ4v) is 4.06. The summed E-state index contributed by atoms with van der Waals surface area (Å²) in [5.41, 5.74) is 2.38. The summed E-state index contributed by atoms with van der Waals surface area (Å²) in [6, 6.07) is 28.0. The SMILES string of the molecule is COc1ccccc1OCCNC(=O)CSC(c1ccccc1)c1ccccc1. The summed E-state index contributed by atoms with van der Waals surface area (Å²) < 4.78 is 11.0. The van der Waals surface area contributed by atoms with Crippen LogP contribution in [0.1, 0.15) is 16.4 Å². The van der Waals surface area contributed by atoms with E-state index in [2.05, 4.69) is 29.6 Å². The van der Waals surface area contributed by atoms with Crippen LogP contribution in [0.4, 0.5) is 0 Å². The third kappa shape index (κ3) is 6.29. The molecule has 1 N–H and O–H groups in total. The molecule has 0 heterocycles. The number of hydrogen-bond donors (Lipinski definition) is 1. The zero-order chi connectivity index (χ0) is 20.3. The molecule has 0 aliphatic heterocycles. The lowest BCUT2D eigenvalue weighted by Crippen LogP contribution is -2.29. The standard InChI is InChI=1S/C24H25NO3S/c1-27-21-14-8-9-15-22(21)28-17-16-25-23(26)18-29-24(19-10-4-2-5-11-19)20-12-6-3-7-13-20/h2-15,24H,16-18H2,1H3,(H,25,26). The van der Waals surface area contributed by atoms with Crippen LogP contribution < -0.4 is 14.8 Å². The first kappa shape index (κ1) is 20.8. The van der Waals surface area contributed by atoms with Crippen LogP contribution in [0.3, 0.4) is 0 Å². The molecule has 5 heteroatoms. The molecule has 0 aliphatic rings. The van der Waals surface area contributed by atoms with Crippen molar-refractivity contribution < 1.29 is 14.3 Å². The fraction of sp³-hybridized carbons (Fsp3) is 0.208. The lowest BCUT2D eigenvalue weighted by molar-refractivity contribution is -0.118. The average Bonchev–Trinajstić information content (AvgIpc) is 2.78. The van der Waals surface area contributed by atoms with Gasteiger partial charge in [-0.15, -0.1) is 11.8 Å². The van der Waals surface area contributed by atoms with Gasteiger partial charge in [-0.3, -0.25) is 4.79 Å². The van der Waals surface area contributed by atoms with Crippen LogP contribution in [-0.4, -0.2) is 31.9 Å². The largest absolute Gasteiger partial charge is 0.493 e. The van der Waals surface area contributed by atoms with Gasteiger partial charge in [-0.05, 0) is 23.3 Å². The number of thioether (sulfide) groups is 1. The molecule has 0 unspecified atom stereocenters. The Morgan fingerprint density at radius 1 is 0.862 bits per heavy atom. The Labute approximate surface area is 176 Å². The van der Waals surface area contributed by atoms with Crippen molar-refractivity contribution in [1.82, 2.24) is 5.32 Å². The number of nitrogens with one attached hydrogen (secondary N) is 1. The number of benzene rings is 3. The maximum Gasteiger partial charge on any atom is 0.230 e. The summed E-state index contributed by atoms with van der Waals surface area (Å²) in [7, 11) is 1.61. The normalized spacial score (nSPS) is 10.6. The number of amides is 1. The zero-order valence-electron chi connectivity index (χ0n) is 16.4. The van der Waals surface area contributed by atoms with Crippen LogP contribution in [0.25, 0.3) is 0 Å². The molecule has 0 fully saturated rings. The summed E-state index contributed by atoms with van der Waals surface area (Å²) in [5.74, 6) is 1.73. The molecule has 29 heavy (non-hydrogen) atoms. The Bertz CT molecular complexity index is 847. The molecule has 1 amide bonds. The van der Waals surface area contributed by atoms with E-state index in [1.807, 2.05) is 60.7 Å².